The van der Waals surface area contributed by atoms with Gasteiger partial charge in [0, 0.05) is 42.5 Å². The van der Waals surface area contributed by atoms with Gasteiger partial charge in [-0.3, -0.25) is 4.68 Å². The predicted octanol–water partition coefficient (Wildman–Crippen LogP) is 3.33. The summed E-state index contributed by atoms with van der Waals surface area (Å²) in [5, 5.41) is 12.4. The van der Waals surface area contributed by atoms with Crippen LogP contribution in [0.1, 0.15) is 12.0 Å². The van der Waals surface area contributed by atoms with Crippen molar-refractivity contribution < 1.29 is 4.42 Å². The van der Waals surface area contributed by atoms with E-state index in [2.05, 4.69) is 15.7 Å². The van der Waals surface area contributed by atoms with E-state index in [0.717, 1.165) is 29.6 Å². The van der Waals surface area contributed by atoms with Crippen LogP contribution in [-0.4, -0.2) is 21.4 Å². The van der Waals surface area contributed by atoms with E-state index >= 15 is 0 Å². The first-order chi connectivity index (χ1) is 12.0. The van der Waals surface area contributed by atoms with Gasteiger partial charge >= 0.3 is 5.63 Å². The summed E-state index contributed by atoms with van der Waals surface area (Å²) in [4.78, 5) is 11.5. The number of anilines is 1. The molecule has 6 nitrogen and oxygen atoms in total. The Kier molecular flexibility index (Phi) is 5.35. The van der Waals surface area contributed by atoms with Gasteiger partial charge in [-0.2, -0.15) is 5.10 Å². The number of thiocarbonyl (C=S) groups is 1. The van der Waals surface area contributed by atoms with Crippen molar-refractivity contribution in [3.8, 4) is 0 Å². The van der Waals surface area contributed by atoms with Crippen molar-refractivity contribution in [3.05, 3.63) is 57.7 Å². The molecule has 0 saturated heterocycles. The van der Waals surface area contributed by atoms with E-state index < -0.39 is 0 Å². The van der Waals surface area contributed by atoms with Crippen LogP contribution in [0.3, 0.4) is 0 Å². The van der Waals surface area contributed by atoms with Crippen LogP contribution in [-0.2, 0) is 6.54 Å². The number of hydrogen-bond donors (Lipinski definition) is 2. The van der Waals surface area contributed by atoms with Crippen molar-refractivity contribution in [2.75, 3.05) is 11.9 Å². The van der Waals surface area contributed by atoms with Gasteiger partial charge in [0.15, 0.2) is 5.11 Å². The minimum absolute atomic E-state index is 0.360. The Labute approximate surface area is 154 Å². The fourth-order valence-corrected chi connectivity index (χ4v) is 2.86. The van der Waals surface area contributed by atoms with E-state index in [-0.39, 0.29) is 5.63 Å². The number of rotatable bonds is 5. The standard InChI is InChI=1S/C17H17ClN4O2S/c1-11-7-16(23)24-15-8-13(3-4-14(11)15)21-17(25)19-5-2-6-22-10-12(18)9-20-22/h3-4,7-10H,2,5-6H2,1H3,(H2,19,21,25). The molecule has 0 atom stereocenters. The summed E-state index contributed by atoms with van der Waals surface area (Å²) < 4.78 is 7.02. The molecule has 8 heteroatoms. The Morgan fingerprint density at radius 1 is 1.40 bits per heavy atom. The number of halogens is 1. The molecule has 1 aromatic carbocycles. The molecule has 0 aliphatic heterocycles. The van der Waals surface area contributed by atoms with Crippen LogP contribution in [0.25, 0.3) is 11.0 Å². The smallest absolute Gasteiger partial charge is 0.336 e. The van der Waals surface area contributed by atoms with Crippen molar-refractivity contribution in [2.45, 2.75) is 19.9 Å². The number of aryl methyl sites for hydroxylation is 2. The van der Waals surface area contributed by atoms with Gasteiger partial charge in [-0.1, -0.05) is 11.6 Å². The van der Waals surface area contributed by atoms with Crippen LogP contribution < -0.4 is 16.3 Å². The topological polar surface area (TPSA) is 72.1 Å². The molecule has 3 aromatic rings. The third-order valence-electron chi connectivity index (χ3n) is 3.66. The lowest BCUT2D eigenvalue weighted by atomic mass is 10.1. The fourth-order valence-electron chi connectivity index (χ4n) is 2.48. The SMILES string of the molecule is Cc1cc(=O)oc2cc(NC(=S)NCCCn3cc(Cl)cn3)ccc12. The Hall–Kier alpha value is -2.38. The van der Waals surface area contributed by atoms with Gasteiger partial charge < -0.3 is 15.1 Å². The highest BCUT2D eigenvalue weighted by Crippen LogP contribution is 2.20. The first-order valence-corrected chi connectivity index (χ1v) is 8.57. The van der Waals surface area contributed by atoms with Gasteiger partial charge in [0.25, 0.3) is 0 Å². The maximum absolute atomic E-state index is 11.5. The average Bonchev–Trinajstić information content (AvgIpc) is 2.96. The van der Waals surface area contributed by atoms with Crippen LogP contribution in [0.15, 0.2) is 45.9 Å². The molecule has 0 saturated carbocycles. The number of fused-ring (bicyclic) bond motifs is 1. The third kappa shape index (κ3) is 4.58. The Bertz CT molecular complexity index is 967. The van der Waals surface area contributed by atoms with Gasteiger partial charge in [0.05, 0.1) is 11.2 Å². The van der Waals surface area contributed by atoms with Crippen molar-refractivity contribution in [3.63, 3.8) is 0 Å². The van der Waals surface area contributed by atoms with Crippen LogP contribution in [0.5, 0.6) is 0 Å². The number of aromatic nitrogens is 2. The lowest BCUT2D eigenvalue weighted by Gasteiger charge is -2.11. The van der Waals surface area contributed by atoms with Gasteiger partial charge in [0.2, 0.25) is 0 Å². The zero-order valence-corrected chi connectivity index (χ0v) is 15.2. The maximum Gasteiger partial charge on any atom is 0.336 e. The second-order valence-electron chi connectivity index (χ2n) is 5.62. The lowest BCUT2D eigenvalue weighted by molar-refractivity contribution is 0.560. The fraction of sp³-hybridized carbons (Fsp3) is 0.235. The molecular weight excluding hydrogens is 360 g/mol. The number of nitrogens with zero attached hydrogens (tertiary/aromatic N) is 2. The molecule has 0 spiro atoms. The zero-order chi connectivity index (χ0) is 17.8. The van der Waals surface area contributed by atoms with Crippen molar-refractivity contribution in [1.82, 2.24) is 15.1 Å². The van der Waals surface area contributed by atoms with E-state index in [9.17, 15) is 4.79 Å². The van der Waals surface area contributed by atoms with Crippen molar-refractivity contribution in [1.29, 1.82) is 0 Å². The molecule has 0 amide bonds. The highest BCUT2D eigenvalue weighted by molar-refractivity contribution is 7.80. The molecule has 0 aliphatic rings. The second kappa shape index (κ2) is 7.67. The summed E-state index contributed by atoms with van der Waals surface area (Å²) in [7, 11) is 0. The van der Waals surface area contributed by atoms with Crippen LogP contribution in [0, 0.1) is 6.92 Å². The van der Waals surface area contributed by atoms with Crippen molar-refractivity contribution >= 4 is 45.6 Å². The largest absolute Gasteiger partial charge is 0.423 e. The first kappa shape index (κ1) is 17.4. The van der Waals surface area contributed by atoms with Crippen LogP contribution in [0.2, 0.25) is 5.02 Å². The maximum atomic E-state index is 11.5. The molecule has 3 rings (SSSR count). The molecule has 0 aliphatic carbocycles. The predicted molar refractivity (Wildman–Crippen MR) is 103 cm³/mol. The molecule has 0 fully saturated rings. The molecule has 0 bridgehead atoms. The monoisotopic (exact) mass is 376 g/mol. The molecule has 2 heterocycles. The van der Waals surface area contributed by atoms with Gasteiger partial charge in [-0.05, 0) is 43.3 Å². The second-order valence-corrected chi connectivity index (χ2v) is 6.46. The van der Waals surface area contributed by atoms with Crippen LogP contribution >= 0.6 is 23.8 Å². The summed E-state index contributed by atoms with van der Waals surface area (Å²) >= 11 is 11.1. The van der Waals surface area contributed by atoms with E-state index in [4.69, 9.17) is 28.2 Å². The van der Waals surface area contributed by atoms with E-state index in [0.29, 0.717) is 22.3 Å². The summed E-state index contributed by atoms with van der Waals surface area (Å²) in [6.45, 7) is 3.33. The van der Waals surface area contributed by atoms with E-state index in [1.54, 1.807) is 23.1 Å². The minimum atomic E-state index is -0.360. The molecule has 0 unspecified atom stereocenters. The molecule has 130 valence electrons. The highest BCUT2D eigenvalue weighted by Gasteiger charge is 2.04. The summed E-state index contributed by atoms with van der Waals surface area (Å²) in [5.74, 6) is 0. The Morgan fingerprint density at radius 2 is 2.24 bits per heavy atom. The van der Waals surface area contributed by atoms with Crippen molar-refractivity contribution in [2.24, 2.45) is 0 Å². The van der Waals surface area contributed by atoms with E-state index in [1.165, 1.54) is 6.07 Å². The van der Waals surface area contributed by atoms with E-state index in [1.807, 2.05) is 19.1 Å². The summed E-state index contributed by atoms with van der Waals surface area (Å²) in [6.07, 6.45) is 4.25. The third-order valence-corrected chi connectivity index (χ3v) is 4.10. The normalized spacial score (nSPS) is 10.8. The van der Waals surface area contributed by atoms with Crippen LogP contribution in [0.4, 0.5) is 5.69 Å². The first-order valence-electron chi connectivity index (χ1n) is 7.78. The molecule has 0 radical (unpaired) electrons. The Morgan fingerprint density at radius 3 is 3.00 bits per heavy atom. The number of hydrogen-bond acceptors (Lipinski definition) is 4. The number of nitrogens with one attached hydrogen (secondary N) is 2. The number of benzene rings is 1. The molecule has 2 aromatic heterocycles. The minimum Gasteiger partial charge on any atom is -0.423 e. The van der Waals surface area contributed by atoms with Gasteiger partial charge in [-0.15, -0.1) is 0 Å². The average molecular weight is 377 g/mol. The summed E-state index contributed by atoms with van der Waals surface area (Å²) in [6, 6.07) is 7.05. The van der Waals surface area contributed by atoms with Gasteiger partial charge in [0.1, 0.15) is 5.58 Å². The highest BCUT2D eigenvalue weighted by atomic mass is 35.5. The molecule has 25 heavy (non-hydrogen) atoms. The Balaban J connectivity index is 1.54. The quantitative estimate of drug-likeness (QED) is 0.404. The van der Waals surface area contributed by atoms with Gasteiger partial charge in [-0.25, -0.2) is 4.79 Å². The lowest BCUT2D eigenvalue weighted by Crippen LogP contribution is -2.29. The zero-order valence-electron chi connectivity index (χ0n) is 13.6. The summed E-state index contributed by atoms with van der Waals surface area (Å²) in [5.41, 5.74) is 1.82. The molecule has 2 N–H and O–H groups in total. The molecular formula is C17H17ClN4O2S.